The normalized spacial score (nSPS) is 17.3. The Balaban J connectivity index is 1.81. The van der Waals surface area contributed by atoms with E-state index in [0.29, 0.717) is 25.8 Å². The molecule has 0 bridgehead atoms. The third-order valence-electron chi connectivity index (χ3n) is 4.18. The summed E-state index contributed by atoms with van der Waals surface area (Å²) in [5.41, 5.74) is 1.06. The van der Waals surface area contributed by atoms with Crippen molar-refractivity contribution in [2.24, 2.45) is 0 Å². The maximum Gasteiger partial charge on any atom is 0.326 e. The summed E-state index contributed by atoms with van der Waals surface area (Å²) in [4.78, 5) is 24.8. The van der Waals surface area contributed by atoms with Gasteiger partial charge in [0.25, 0.3) is 0 Å². The van der Waals surface area contributed by atoms with Crippen LogP contribution in [0.25, 0.3) is 0 Å². The van der Waals surface area contributed by atoms with Gasteiger partial charge in [-0.1, -0.05) is 25.5 Å². The lowest BCUT2D eigenvalue weighted by Crippen LogP contribution is -2.40. The Labute approximate surface area is 137 Å². The number of unbranched alkanes of at least 4 members (excludes halogenated alkanes) is 1. The van der Waals surface area contributed by atoms with E-state index in [-0.39, 0.29) is 5.91 Å². The molecule has 2 rings (SSSR count). The van der Waals surface area contributed by atoms with Gasteiger partial charge in [0.2, 0.25) is 5.91 Å². The molecule has 1 heterocycles. The number of hydrogen-bond donors (Lipinski definition) is 1. The van der Waals surface area contributed by atoms with Crippen LogP contribution >= 0.6 is 0 Å². The van der Waals surface area contributed by atoms with Gasteiger partial charge in [0.1, 0.15) is 11.8 Å². The van der Waals surface area contributed by atoms with Crippen molar-refractivity contribution in [1.82, 2.24) is 4.90 Å². The Morgan fingerprint density at radius 3 is 2.70 bits per heavy atom. The monoisotopic (exact) mass is 319 g/mol. The van der Waals surface area contributed by atoms with E-state index in [1.807, 2.05) is 24.3 Å². The van der Waals surface area contributed by atoms with Crippen LogP contribution in [0.3, 0.4) is 0 Å². The van der Waals surface area contributed by atoms with Gasteiger partial charge in [-0.2, -0.15) is 0 Å². The van der Waals surface area contributed by atoms with Gasteiger partial charge in [-0.3, -0.25) is 4.79 Å². The molecular formula is C18H25NO4. The predicted molar refractivity (Wildman–Crippen MR) is 87.5 cm³/mol. The Morgan fingerprint density at radius 2 is 2.04 bits per heavy atom. The zero-order chi connectivity index (χ0) is 16.7. The Bertz CT molecular complexity index is 526. The second-order valence-electron chi connectivity index (χ2n) is 5.93. The first kappa shape index (κ1) is 17.3. The number of carboxylic acid groups (broad SMARTS) is 1. The van der Waals surface area contributed by atoms with E-state index in [1.165, 1.54) is 4.90 Å². The molecule has 0 spiro atoms. The molecule has 5 heteroatoms. The first-order valence-corrected chi connectivity index (χ1v) is 8.36. The number of rotatable bonds is 8. The summed E-state index contributed by atoms with van der Waals surface area (Å²) in [6.07, 6.45) is 4.44. The molecule has 0 aliphatic carbocycles. The summed E-state index contributed by atoms with van der Waals surface area (Å²) in [7, 11) is 0. The van der Waals surface area contributed by atoms with Crippen LogP contribution in [0.2, 0.25) is 0 Å². The van der Waals surface area contributed by atoms with Crippen molar-refractivity contribution in [2.45, 2.75) is 51.5 Å². The van der Waals surface area contributed by atoms with Crippen LogP contribution in [0.15, 0.2) is 24.3 Å². The second-order valence-corrected chi connectivity index (χ2v) is 5.93. The van der Waals surface area contributed by atoms with Crippen molar-refractivity contribution in [1.29, 1.82) is 0 Å². The molecule has 1 atom stereocenters. The van der Waals surface area contributed by atoms with E-state index < -0.39 is 12.0 Å². The predicted octanol–water partition coefficient (Wildman–Crippen LogP) is 2.87. The summed E-state index contributed by atoms with van der Waals surface area (Å²) in [5.74, 6) is -0.124. The Morgan fingerprint density at radius 1 is 1.30 bits per heavy atom. The second kappa shape index (κ2) is 8.56. The summed E-state index contributed by atoms with van der Waals surface area (Å²) in [5, 5.41) is 9.13. The van der Waals surface area contributed by atoms with Crippen LogP contribution in [0.1, 0.15) is 44.6 Å². The van der Waals surface area contributed by atoms with Gasteiger partial charge in [0.15, 0.2) is 0 Å². The Hall–Kier alpha value is -2.04. The van der Waals surface area contributed by atoms with Crippen molar-refractivity contribution < 1.29 is 19.4 Å². The molecule has 23 heavy (non-hydrogen) atoms. The lowest BCUT2D eigenvalue weighted by molar-refractivity contribution is -0.148. The zero-order valence-corrected chi connectivity index (χ0v) is 13.7. The molecule has 1 aromatic rings. The third kappa shape index (κ3) is 4.98. The standard InChI is InChI=1S/C18H25NO4/c1-2-3-13-23-15-9-6-14(7-10-15)8-11-17(20)19-12-4-5-16(19)18(21)22/h6-7,9-10,16H,2-5,8,11-13H2,1H3,(H,21,22). The number of carbonyl (C=O) groups is 2. The maximum absolute atomic E-state index is 12.2. The molecule has 0 saturated carbocycles. The number of nitrogens with zero attached hydrogens (tertiary/aromatic N) is 1. The molecule has 1 aliphatic rings. The molecule has 1 aromatic carbocycles. The minimum absolute atomic E-state index is 0.0711. The first-order valence-electron chi connectivity index (χ1n) is 8.36. The van der Waals surface area contributed by atoms with E-state index in [4.69, 9.17) is 9.84 Å². The van der Waals surface area contributed by atoms with E-state index in [2.05, 4.69) is 6.92 Å². The van der Waals surface area contributed by atoms with Gasteiger partial charge < -0.3 is 14.7 Å². The fraction of sp³-hybridized carbons (Fsp3) is 0.556. The van der Waals surface area contributed by atoms with E-state index in [0.717, 1.165) is 37.2 Å². The minimum atomic E-state index is -0.899. The number of aryl methyl sites for hydroxylation is 1. The largest absolute Gasteiger partial charge is 0.494 e. The Kier molecular flexibility index (Phi) is 6.44. The summed E-state index contributed by atoms with van der Waals surface area (Å²) in [6, 6.07) is 7.13. The molecule has 0 aromatic heterocycles. The van der Waals surface area contributed by atoms with E-state index >= 15 is 0 Å². The molecule has 1 saturated heterocycles. The van der Waals surface area contributed by atoms with Gasteiger partial charge in [0.05, 0.1) is 6.61 Å². The van der Waals surface area contributed by atoms with Gasteiger partial charge in [-0.05, 0) is 43.4 Å². The van der Waals surface area contributed by atoms with Crippen molar-refractivity contribution in [2.75, 3.05) is 13.2 Å². The van der Waals surface area contributed by atoms with Crippen molar-refractivity contribution in [3.8, 4) is 5.75 Å². The molecule has 5 nitrogen and oxygen atoms in total. The van der Waals surface area contributed by atoms with Crippen LogP contribution in [-0.4, -0.2) is 41.1 Å². The summed E-state index contributed by atoms with van der Waals surface area (Å²) < 4.78 is 5.61. The molecule has 0 radical (unpaired) electrons. The number of aliphatic carboxylic acids is 1. The fourth-order valence-corrected chi connectivity index (χ4v) is 2.80. The smallest absolute Gasteiger partial charge is 0.326 e. The van der Waals surface area contributed by atoms with Gasteiger partial charge in [0, 0.05) is 13.0 Å². The average molecular weight is 319 g/mol. The van der Waals surface area contributed by atoms with Crippen LogP contribution in [0.4, 0.5) is 0 Å². The number of carbonyl (C=O) groups excluding carboxylic acids is 1. The van der Waals surface area contributed by atoms with Crippen molar-refractivity contribution in [3.63, 3.8) is 0 Å². The zero-order valence-electron chi connectivity index (χ0n) is 13.7. The number of likely N-dealkylation sites (tertiary alicyclic amines) is 1. The van der Waals surface area contributed by atoms with Crippen LogP contribution < -0.4 is 4.74 Å². The van der Waals surface area contributed by atoms with Crippen LogP contribution in [-0.2, 0) is 16.0 Å². The summed E-state index contributed by atoms with van der Waals surface area (Å²) >= 11 is 0. The van der Waals surface area contributed by atoms with Crippen LogP contribution in [0, 0.1) is 0 Å². The molecule has 1 amide bonds. The quantitative estimate of drug-likeness (QED) is 0.748. The molecule has 126 valence electrons. The van der Waals surface area contributed by atoms with Crippen molar-refractivity contribution >= 4 is 11.9 Å². The number of ether oxygens (including phenoxy) is 1. The van der Waals surface area contributed by atoms with Crippen molar-refractivity contribution in [3.05, 3.63) is 29.8 Å². The molecule has 1 unspecified atom stereocenters. The lowest BCUT2D eigenvalue weighted by atomic mass is 10.1. The topological polar surface area (TPSA) is 66.8 Å². The number of hydrogen-bond acceptors (Lipinski definition) is 3. The highest BCUT2D eigenvalue weighted by molar-refractivity contribution is 5.84. The molecular weight excluding hydrogens is 294 g/mol. The maximum atomic E-state index is 12.2. The van der Waals surface area contributed by atoms with Gasteiger partial charge >= 0.3 is 5.97 Å². The van der Waals surface area contributed by atoms with Gasteiger partial charge in [-0.25, -0.2) is 4.79 Å². The lowest BCUT2D eigenvalue weighted by Gasteiger charge is -2.21. The third-order valence-corrected chi connectivity index (χ3v) is 4.18. The number of amides is 1. The summed E-state index contributed by atoms with van der Waals surface area (Å²) in [6.45, 7) is 3.40. The van der Waals surface area contributed by atoms with E-state index in [9.17, 15) is 9.59 Å². The molecule has 1 N–H and O–H groups in total. The highest BCUT2D eigenvalue weighted by atomic mass is 16.5. The average Bonchev–Trinajstić information content (AvgIpc) is 3.04. The fourth-order valence-electron chi connectivity index (χ4n) is 2.80. The number of carboxylic acids is 1. The van der Waals surface area contributed by atoms with E-state index in [1.54, 1.807) is 0 Å². The first-order chi connectivity index (χ1) is 11.1. The minimum Gasteiger partial charge on any atom is -0.494 e. The molecule has 1 fully saturated rings. The van der Waals surface area contributed by atoms with Crippen LogP contribution in [0.5, 0.6) is 5.75 Å². The highest BCUT2D eigenvalue weighted by Gasteiger charge is 2.33. The molecule has 1 aliphatic heterocycles. The SMILES string of the molecule is CCCCOc1ccc(CCC(=O)N2CCCC2C(=O)O)cc1. The highest BCUT2D eigenvalue weighted by Crippen LogP contribution is 2.20. The number of benzene rings is 1. The van der Waals surface area contributed by atoms with Gasteiger partial charge in [-0.15, -0.1) is 0 Å².